The van der Waals surface area contributed by atoms with Gasteiger partial charge in [0, 0.05) is 12.5 Å². The van der Waals surface area contributed by atoms with Crippen LogP contribution in [0.3, 0.4) is 0 Å². The first-order valence-corrected chi connectivity index (χ1v) is 7.72. The molecule has 0 radical (unpaired) electrons. The maximum Gasteiger partial charge on any atom is 0.326 e. The van der Waals surface area contributed by atoms with Crippen LogP contribution >= 0.6 is 0 Å². The monoisotopic (exact) mass is 351 g/mol. The fraction of sp³-hybridized carbons (Fsp3) is 0.412. The van der Waals surface area contributed by atoms with E-state index in [1.165, 1.54) is 31.2 Å². The average molecular weight is 351 g/mol. The number of carboxylic acids is 1. The number of esters is 2. The number of hydrogen-bond acceptors (Lipinski definition) is 6. The first-order chi connectivity index (χ1) is 11.7. The van der Waals surface area contributed by atoms with Crippen LogP contribution in [-0.4, -0.2) is 41.6 Å². The van der Waals surface area contributed by atoms with Crippen LogP contribution in [0.1, 0.15) is 37.6 Å². The molecule has 1 aromatic rings. The van der Waals surface area contributed by atoms with Gasteiger partial charge in [0.1, 0.15) is 11.8 Å². The zero-order valence-electron chi connectivity index (χ0n) is 14.3. The fourth-order valence-electron chi connectivity index (χ4n) is 2.11. The molecular formula is C17H21NO7. The van der Waals surface area contributed by atoms with E-state index in [2.05, 4.69) is 5.32 Å². The fourth-order valence-corrected chi connectivity index (χ4v) is 2.11. The van der Waals surface area contributed by atoms with Crippen LogP contribution in [0.5, 0.6) is 5.75 Å². The number of hydrogen-bond donors (Lipinski definition) is 2. The Morgan fingerprint density at radius 2 is 1.76 bits per heavy atom. The normalized spacial score (nSPS) is 12.6. The van der Waals surface area contributed by atoms with Crippen LogP contribution in [0.4, 0.5) is 0 Å². The van der Waals surface area contributed by atoms with Gasteiger partial charge in [0.05, 0.1) is 13.0 Å². The highest BCUT2D eigenvalue weighted by Crippen LogP contribution is 2.14. The van der Waals surface area contributed by atoms with Crippen molar-refractivity contribution in [2.75, 3.05) is 6.61 Å². The predicted octanol–water partition coefficient (Wildman–Crippen LogP) is 1.38. The predicted molar refractivity (Wildman–Crippen MR) is 87.1 cm³/mol. The highest BCUT2D eigenvalue weighted by Gasteiger charge is 2.29. The molecule has 2 atom stereocenters. The molecule has 0 saturated heterocycles. The van der Waals surface area contributed by atoms with E-state index in [1.807, 2.05) is 0 Å². The molecule has 0 heterocycles. The molecule has 0 saturated carbocycles. The first-order valence-electron chi connectivity index (χ1n) is 7.72. The average Bonchev–Trinajstić information content (AvgIpc) is 2.52. The molecular weight excluding hydrogens is 330 g/mol. The van der Waals surface area contributed by atoms with Crippen molar-refractivity contribution in [3.8, 4) is 5.75 Å². The lowest BCUT2D eigenvalue weighted by atomic mass is 9.98. The van der Waals surface area contributed by atoms with Crippen molar-refractivity contribution < 1.29 is 33.8 Å². The summed E-state index contributed by atoms with van der Waals surface area (Å²) in [5.74, 6) is -3.26. The van der Waals surface area contributed by atoms with Gasteiger partial charge in [-0.3, -0.25) is 14.4 Å². The smallest absolute Gasteiger partial charge is 0.326 e. The second-order valence-corrected chi connectivity index (χ2v) is 5.39. The summed E-state index contributed by atoms with van der Waals surface area (Å²) in [5.41, 5.74) is 0.200. The second-order valence-electron chi connectivity index (χ2n) is 5.39. The lowest BCUT2D eigenvalue weighted by molar-refractivity contribution is -0.146. The van der Waals surface area contributed by atoms with E-state index in [0.29, 0.717) is 0 Å². The van der Waals surface area contributed by atoms with Crippen molar-refractivity contribution in [2.45, 2.75) is 33.2 Å². The van der Waals surface area contributed by atoms with E-state index in [4.69, 9.17) is 9.47 Å². The molecule has 0 fully saturated rings. The number of nitrogens with one attached hydrogen (secondary N) is 1. The molecule has 2 N–H and O–H groups in total. The molecule has 1 amide bonds. The standard InChI is InChI=1S/C17H21NO7/c1-4-24-14(20)9-10(2)15(17(22)23)18-16(21)12-5-7-13(8-6-12)25-11(3)19/h5-8,10,15H,4,9H2,1-3H3,(H,18,21)(H,22,23)/t10-,15+/m1/s1. The summed E-state index contributed by atoms with van der Waals surface area (Å²) in [6.07, 6.45) is -0.128. The third kappa shape index (κ3) is 6.62. The minimum absolute atomic E-state index is 0.128. The van der Waals surface area contributed by atoms with Gasteiger partial charge < -0.3 is 19.9 Å². The summed E-state index contributed by atoms with van der Waals surface area (Å²) in [6, 6.07) is 4.41. The summed E-state index contributed by atoms with van der Waals surface area (Å²) >= 11 is 0. The van der Waals surface area contributed by atoms with E-state index >= 15 is 0 Å². The van der Waals surface area contributed by atoms with Gasteiger partial charge in [-0.15, -0.1) is 0 Å². The molecule has 0 aromatic heterocycles. The van der Waals surface area contributed by atoms with Crippen LogP contribution in [0.25, 0.3) is 0 Å². The number of carboxylic acid groups (broad SMARTS) is 1. The van der Waals surface area contributed by atoms with Gasteiger partial charge in [-0.2, -0.15) is 0 Å². The quantitative estimate of drug-likeness (QED) is 0.536. The van der Waals surface area contributed by atoms with E-state index < -0.39 is 35.8 Å². The second kappa shape index (κ2) is 9.41. The van der Waals surface area contributed by atoms with E-state index in [9.17, 15) is 24.3 Å². The van der Waals surface area contributed by atoms with Crippen molar-refractivity contribution in [3.63, 3.8) is 0 Å². The zero-order valence-corrected chi connectivity index (χ0v) is 14.3. The molecule has 0 aliphatic heterocycles. The molecule has 1 rings (SSSR count). The Hall–Kier alpha value is -2.90. The number of carbonyl (C=O) groups is 4. The topological polar surface area (TPSA) is 119 Å². The van der Waals surface area contributed by atoms with E-state index in [-0.39, 0.29) is 24.3 Å². The van der Waals surface area contributed by atoms with Crippen molar-refractivity contribution in [3.05, 3.63) is 29.8 Å². The van der Waals surface area contributed by atoms with Gasteiger partial charge in [0.25, 0.3) is 5.91 Å². The van der Waals surface area contributed by atoms with Gasteiger partial charge in [-0.1, -0.05) is 6.92 Å². The highest BCUT2D eigenvalue weighted by atomic mass is 16.5. The van der Waals surface area contributed by atoms with Crippen molar-refractivity contribution >= 4 is 23.8 Å². The Balaban J connectivity index is 2.77. The number of aliphatic carboxylic acids is 1. The third-order valence-electron chi connectivity index (χ3n) is 3.29. The largest absolute Gasteiger partial charge is 0.480 e. The number of carbonyl (C=O) groups excluding carboxylic acids is 3. The van der Waals surface area contributed by atoms with Crippen molar-refractivity contribution in [2.24, 2.45) is 5.92 Å². The first kappa shape index (κ1) is 20.1. The highest BCUT2D eigenvalue weighted by molar-refractivity contribution is 5.96. The SMILES string of the molecule is CCOC(=O)C[C@@H](C)[C@H](NC(=O)c1ccc(OC(C)=O)cc1)C(=O)O. The Kier molecular flexibility index (Phi) is 7.58. The maximum atomic E-state index is 12.2. The number of benzene rings is 1. The summed E-state index contributed by atoms with van der Waals surface area (Å²) in [6.45, 7) is 4.64. The van der Waals surface area contributed by atoms with Gasteiger partial charge in [0.15, 0.2) is 0 Å². The maximum absolute atomic E-state index is 12.2. The molecule has 25 heavy (non-hydrogen) atoms. The molecule has 0 spiro atoms. The van der Waals surface area contributed by atoms with E-state index in [0.717, 1.165) is 0 Å². The summed E-state index contributed by atoms with van der Waals surface area (Å²) < 4.78 is 9.65. The summed E-state index contributed by atoms with van der Waals surface area (Å²) in [5, 5.41) is 11.7. The minimum Gasteiger partial charge on any atom is -0.480 e. The lowest BCUT2D eigenvalue weighted by Crippen LogP contribution is -2.45. The number of amides is 1. The summed E-state index contributed by atoms with van der Waals surface area (Å²) in [7, 11) is 0. The van der Waals surface area contributed by atoms with Crippen molar-refractivity contribution in [1.29, 1.82) is 0 Å². The Morgan fingerprint density at radius 3 is 2.24 bits per heavy atom. The van der Waals surface area contributed by atoms with Crippen LogP contribution in [0.15, 0.2) is 24.3 Å². The van der Waals surface area contributed by atoms with Crippen LogP contribution in [-0.2, 0) is 19.1 Å². The van der Waals surface area contributed by atoms with Crippen molar-refractivity contribution in [1.82, 2.24) is 5.32 Å². The van der Waals surface area contributed by atoms with Gasteiger partial charge in [-0.25, -0.2) is 4.79 Å². The van der Waals surface area contributed by atoms with Gasteiger partial charge in [0.2, 0.25) is 0 Å². The molecule has 1 aromatic carbocycles. The molecule has 136 valence electrons. The molecule has 0 aliphatic carbocycles. The van der Waals surface area contributed by atoms with Crippen LogP contribution < -0.4 is 10.1 Å². The minimum atomic E-state index is -1.25. The third-order valence-corrected chi connectivity index (χ3v) is 3.29. The van der Waals surface area contributed by atoms with Crippen LogP contribution in [0.2, 0.25) is 0 Å². The lowest BCUT2D eigenvalue weighted by Gasteiger charge is -2.20. The molecule has 0 bridgehead atoms. The van der Waals surface area contributed by atoms with Gasteiger partial charge >= 0.3 is 17.9 Å². The zero-order chi connectivity index (χ0) is 19.0. The Labute approximate surface area is 145 Å². The molecule has 0 aliphatic rings. The Bertz CT molecular complexity index is 639. The van der Waals surface area contributed by atoms with E-state index in [1.54, 1.807) is 13.8 Å². The number of rotatable bonds is 8. The molecule has 8 nitrogen and oxygen atoms in total. The molecule has 8 heteroatoms. The summed E-state index contributed by atoms with van der Waals surface area (Å²) in [4.78, 5) is 46.0. The Morgan fingerprint density at radius 1 is 1.16 bits per heavy atom. The van der Waals surface area contributed by atoms with Crippen LogP contribution in [0, 0.1) is 5.92 Å². The number of ether oxygens (including phenoxy) is 2. The van der Waals surface area contributed by atoms with Gasteiger partial charge in [-0.05, 0) is 37.1 Å². The molecule has 0 unspecified atom stereocenters.